The molecule has 1 saturated heterocycles. The van der Waals surface area contributed by atoms with E-state index in [1.807, 2.05) is 6.07 Å². The Bertz CT molecular complexity index is 1110. The van der Waals surface area contributed by atoms with Gasteiger partial charge in [0.15, 0.2) is 5.82 Å². The first-order chi connectivity index (χ1) is 14.1. The van der Waals surface area contributed by atoms with Crippen LogP contribution in [-0.4, -0.2) is 40.1 Å². The summed E-state index contributed by atoms with van der Waals surface area (Å²) in [7, 11) is 0. The highest BCUT2D eigenvalue weighted by Gasteiger charge is 2.33. The third-order valence-corrected chi connectivity index (χ3v) is 5.56. The van der Waals surface area contributed by atoms with Gasteiger partial charge in [-0.1, -0.05) is 12.1 Å². The summed E-state index contributed by atoms with van der Waals surface area (Å²) >= 11 is 0. The molecular formula is C22H23FN4O2. The van der Waals surface area contributed by atoms with E-state index >= 15 is 0 Å². The summed E-state index contributed by atoms with van der Waals surface area (Å²) in [5.74, 6) is 1.06. The van der Waals surface area contributed by atoms with E-state index < -0.39 is 0 Å². The van der Waals surface area contributed by atoms with Gasteiger partial charge in [-0.2, -0.15) is 0 Å². The van der Waals surface area contributed by atoms with E-state index in [1.165, 1.54) is 12.1 Å². The molecule has 29 heavy (non-hydrogen) atoms. The number of phenols is 1. The van der Waals surface area contributed by atoms with Crippen molar-refractivity contribution < 1.29 is 15.7 Å². The number of halogens is 1. The number of hydrogen-bond acceptors (Lipinski definition) is 5. The maximum Gasteiger partial charge on any atom is 0.223 e. The molecule has 0 radical (unpaired) electrons. The van der Waals surface area contributed by atoms with E-state index in [0.29, 0.717) is 41.2 Å². The number of carbonyl (C=O) groups is 1. The number of nitrogens with zero attached hydrogens (tertiary/aromatic N) is 3. The van der Waals surface area contributed by atoms with Crippen LogP contribution in [0.1, 0.15) is 20.7 Å². The Morgan fingerprint density at radius 3 is 2.79 bits per heavy atom. The van der Waals surface area contributed by atoms with E-state index in [1.54, 1.807) is 24.3 Å². The number of phenolic OH excluding ortho intramolecular Hbond substituents is 1. The lowest BCUT2D eigenvalue weighted by Crippen LogP contribution is -2.38. The van der Waals surface area contributed by atoms with Crippen molar-refractivity contribution in [2.75, 3.05) is 18.0 Å². The lowest BCUT2D eigenvalue weighted by atomic mass is 10.1. The largest absolute Gasteiger partial charge is 0.507 e. The molecule has 5 rings (SSSR count). The van der Waals surface area contributed by atoms with Crippen LogP contribution in [0.3, 0.4) is 0 Å². The van der Waals surface area contributed by atoms with Crippen molar-refractivity contribution in [3.8, 4) is 17.1 Å². The second-order valence-electron chi connectivity index (χ2n) is 7.76. The summed E-state index contributed by atoms with van der Waals surface area (Å²) in [6, 6.07) is 11.4. The number of para-hydroxylation sites is 1. The van der Waals surface area contributed by atoms with Crippen molar-refractivity contribution in [1.82, 2.24) is 15.3 Å². The fourth-order valence-corrected chi connectivity index (χ4v) is 3.84. The minimum atomic E-state index is -0.351. The van der Waals surface area contributed by atoms with E-state index in [9.17, 15) is 14.3 Å². The Morgan fingerprint density at radius 2 is 2.00 bits per heavy atom. The molecule has 2 aromatic carbocycles. The number of carbonyl (C=O) groups excluding carboxylic acids is 1. The Kier molecular flexibility index (Phi) is 4.30. The molecule has 1 aliphatic heterocycles. The summed E-state index contributed by atoms with van der Waals surface area (Å²) in [5.41, 5.74) is 1.14. The number of aromatic hydroxyl groups is 1. The molecule has 1 amide bonds. The van der Waals surface area contributed by atoms with Gasteiger partial charge in [0.1, 0.15) is 17.4 Å². The predicted octanol–water partition coefficient (Wildman–Crippen LogP) is 3.49. The van der Waals surface area contributed by atoms with Crippen molar-refractivity contribution in [2.24, 2.45) is 5.92 Å². The number of nitrogens with one attached hydrogen (secondary N) is 1. The minimum absolute atomic E-state index is 0. The first-order valence-electron chi connectivity index (χ1n) is 9.89. The van der Waals surface area contributed by atoms with Crippen LogP contribution >= 0.6 is 0 Å². The molecule has 2 fully saturated rings. The zero-order valence-corrected chi connectivity index (χ0v) is 15.8. The highest BCUT2D eigenvalue weighted by molar-refractivity contribution is 5.91. The average molecular weight is 394 g/mol. The van der Waals surface area contributed by atoms with Gasteiger partial charge in [0.2, 0.25) is 5.91 Å². The fraction of sp³-hybridized carbons (Fsp3) is 0.318. The van der Waals surface area contributed by atoms with Gasteiger partial charge < -0.3 is 15.3 Å². The first-order valence-corrected chi connectivity index (χ1v) is 9.89. The maximum atomic E-state index is 14.0. The molecule has 2 heterocycles. The number of rotatable bonds is 4. The van der Waals surface area contributed by atoms with Gasteiger partial charge in [-0.05, 0) is 49.6 Å². The number of fused-ring (bicyclic) bond motifs is 1. The highest BCUT2D eigenvalue weighted by Crippen LogP contribution is 2.33. The van der Waals surface area contributed by atoms with Crippen LogP contribution in [0.5, 0.6) is 5.75 Å². The van der Waals surface area contributed by atoms with Crippen LogP contribution in [0.2, 0.25) is 0 Å². The number of aromatic nitrogens is 2. The van der Waals surface area contributed by atoms with Crippen molar-refractivity contribution in [3.63, 3.8) is 0 Å². The molecule has 1 aromatic heterocycles. The van der Waals surface area contributed by atoms with Gasteiger partial charge in [-0.25, -0.2) is 14.4 Å². The van der Waals surface area contributed by atoms with Crippen LogP contribution in [0.4, 0.5) is 10.2 Å². The molecule has 0 unspecified atom stereocenters. The molecule has 7 heteroatoms. The van der Waals surface area contributed by atoms with Crippen LogP contribution in [0.25, 0.3) is 22.3 Å². The van der Waals surface area contributed by atoms with Gasteiger partial charge >= 0.3 is 0 Å². The minimum Gasteiger partial charge on any atom is -0.507 e. The lowest BCUT2D eigenvalue weighted by Gasteiger charge is -2.21. The molecule has 6 nitrogen and oxygen atoms in total. The third-order valence-electron chi connectivity index (χ3n) is 5.56. The van der Waals surface area contributed by atoms with Crippen LogP contribution in [0, 0.1) is 11.7 Å². The third kappa shape index (κ3) is 3.48. The smallest absolute Gasteiger partial charge is 0.223 e. The molecule has 2 N–H and O–H groups in total. The molecule has 2 aliphatic rings. The molecule has 1 atom stereocenters. The van der Waals surface area contributed by atoms with Gasteiger partial charge in [0.25, 0.3) is 0 Å². The zero-order chi connectivity index (χ0) is 20.0. The van der Waals surface area contributed by atoms with Gasteiger partial charge in [-0.3, -0.25) is 4.79 Å². The van der Waals surface area contributed by atoms with E-state index in [0.717, 1.165) is 19.3 Å². The number of amides is 1. The second-order valence-corrected chi connectivity index (χ2v) is 7.76. The van der Waals surface area contributed by atoms with Gasteiger partial charge in [0.05, 0.1) is 11.1 Å². The first kappa shape index (κ1) is 17.8. The van der Waals surface area contributed by atoms with Crippen molar-refractivity contribution in [1.29, 1.82) is 0 Å². The van der Waals surface area contributed by atoms with E-state index in [4.69, 9.17) is 4.98 Å². The summed E-state index contributed by atoms with van der Waals surface area (Å²) in [4.78, 5) is 23.4. The molecular weight excluding hydrogens is 371 g/mol. The van der Waals surface area contributed by atoms with Crippen molar-refractivity contribution in [3.05, 3.63) is 48.3 Å². The monoisotopic (exact) mass is 394 g/mol. The van der Waals surface area contributed by atoms with Crippen LogP contribution in [-0.2, 0) is 4.79 Å². The number of benzene rings is 2. The Labute approximate surface area is 168 Å². The molecule has 150 valence electrons. The predicted molar refractivity (Wildman–Crippen MR) is 110 cm³/mol. The quantitative estimate of drug-likeness (QED) is 0.708. The number of hydrogen-bond donors (Lipinski definition) is 2. The fourth-order valence-electron chi connectivity index (χ4n) is 3.84. The Hall–Kier alpha value is -3.22. The van der Waals surface area contributed by atoms with Crippen LogP contribution < -0.4 is 10.2 Å². The topological polar surface area (TPSA) is 78.4 Å². The normalized spacial score (nSPS) is 18.9. The van der Waals surface area contributed by atoms with E-state index in [2.05, 4.69) is 15.2 Å². The molecule has 1 saturated carbocycles. The van der Waals surface area contributed by atoms with Gasteiger partial charge in [0, 0.05) is 31.9 Å². The summed E-state index contributed by atoms with van der Waals surface area (Å²) in [6.07, 6.45) is 2.76. The van der Waals surface area contributed by atoms with Crippen LogP contribution in [0.15, 0.2) is 42.5 Å². The zero-order valence-electron chi connectivity index (χ0n) is 15.8. The standard InChI is InChI=1S/C22H21FN4O2.H2/c23-14-7-8-18-17(11-14)21(26-20(25-18)16-3-1-2-4-19(16)28)27-10-9-15(12-27)24-22(29)13-5-6-13;/h1-4,7-8,11,13,15,28H,5-6,9-10,12H2,(H,24,29);1H/t15-;/m0./s1. The summed E-state index contributed by atoms with van der Waals surface area (Å²) < 4.78 is 14.0. The summed E-state index contributed by atoms with van der Waals surface area (Å²) in [5, 5.41) is 14.0. The van der Waals surface area contributed by atoms with E-state index in [-0.39, 0.29) is 30.9 Å². The maximum absolute atomic E-state index is 14.0. The number of anilines is 1. The second kappa shape index (κ2) is 6.99. The van der Waals surface area contributed by atoms with Gasteiger partial charge in [-0.15, -0.1) is 0 Å². The summed E-state index contributed by atoms with van der Waals surface area (Å²) in [6.45, 7) is 1.32. The Balaban J connectivity index is 0.00000218. The van der Waals surface area contributed by atoms with Crippen molar-refractivity contribution >= 4 is 22.6 Å². The average Bonchev–Trinajstić information content (AvgIpc) is 3.47. The lowest BCUT2D eigenvalue weighted by molar-refractivity contribution is -0.122. The SMILES string of the molecule is O=C(N[C@H]1CCN(c2nc(-c3ccccc3O)nc3ccc(F)cc23)C1)C1CC1.[HH]. The Morgan fingerprint density at radius 1 is 1.17 bits per heavy atom. The molecule has 3 aromatic rings. The van der Waals surface area contributed by atoms with Crippen molar-refractivity contribution in [2.45, 2.75) is 25.3 Å². The highest BCUT2D eigenvalue weighted by atomic mass is 19.1. The molecule has 1 aliphatic carbocycles. The molecule has 0 bridgehead atoms. The molecule has 0 spiro atoms.